The van der Waals surface area contributed by atoms with Gasteiger partial charge in [-0.2, -0.15) is 0 Å². The molecule has 24 heavy (non-hydrogen) atoms. The smallest absolute Gasteiger partial charge is 0.410 e. The number of nitrogens with zero attached hydrogens (tertiary/aromatic N) is 2. The standard InChI is InChI=1S/C16H20BrF3N2O2/c1-16(2,3)24-15(23)22-6-4-21(5-7-22)12-8-11(18)13(19)10(9-17)14(12)20/h8H,4-7,9H2,1-3H3. The Morgan fingerprint density at radius 3 is 2.25 bits per heavy atom. The highest BCUT2D eigenvalue weighted by Gasteiger charge is 2.28. The number of carbonyl (C=O) groups is 1. The molecule has 0 unspecified atom stereocenters. The molecule has 4 nitrogen and oxygen atoms in total. The van der Waals surface area contributed by atoms with E-state index in [9.17, 15) is 18.0 Å². The Bertz CT molecular complexity index is 627. The number of hydrogen-bond acceptors (Lipinski definition) is 3. The van der Waals surface area contributed by atoms with Gasteiger partial charge in [0.05, 0.1) is 5.69 Å². The Kier molecular flexibility index (Phi) is 5.67. The van der Waals surface area contributed by atoms with Crippen LogP contribution >= 0.6 is 15.9 Å². The van der Waals surface area contributed by atoms with Crippen LogP contribution in [0.3, 0.4) is 0 Å². The lowest BCUT2D eigenvalue weighted by atomic mass is 10.1. The Labute approximate surface area is 147 Å². The molecular formula is C16H20BrF3N2O2. The number of piperazine rings is 1. The van der Waals surface area contributed by atoms with Gasteiger partial charge in [0.2, 0.25) is 0 Å². The molecule has 0 aliphatic carbocycles. The monoisotopic (exact) mass is 408 g/mol. The van der Waals surface area contributed by atoms with Crippen molar-refractivity contribution in [3.63, 3.8) is 0 Å². The van der Waals surface area contributed by atoms with E-state index in [-0.39, 0.29) is 16.6 Å². The second-order valence-electron chi connectivity index (χ2n) is 6.57. The summed E-state index contributed by atoms with van der Waals surface area (Å²) in [5.41, 5.74) is -0.919. The summed E-state index contributed by atoms with van der Waals surface area (Å²) in [5, 5.41) is -0.118. The minimum atomic E-state index is -1.18. The highest BCUT2D eigenvalue weighted by atomic mass is 79.9. The van der Waals surface area contributed by atoms with E-state index in [0.717, 1.165) is 6.07 Å². The van der Waals surface area contributed by atoms with Crippen LogP contribution in [-0.2, 0) is 10.1 Å². The molecule has 0 atom stereocenters. The predicted molar refractivity (Wildman–Crippen MR) is 89.0 cm³/mol. The molecule has 0 aromatic heterocycles. The summed E-state index contributed by atoms with van der Waals surface area (Å²) in [6.07, 6.45) is -0.436. The summed E-state index contributed by atoms with van der Waals surface area (Å²) in [7, 11) is 0. The van der Waals surface area contributed by atoms with Crippen molar-refractivity contribution < 1.29 is 22.7 Å². The largest absolute Gasteiger partial charge is 0.444 e. The number of benzene rings is 1. The van der Waals surface area contributed by atoms with Crippen molar-refractivity contribution in [1.82, 2.24) is 4.90 Å². The zero-order chi connectivity index (χ0) is 18.1. The lowest BCUT2D eigenvalue weighted by Gasteiger charge is -2.37. The Hall–Kier alpha value is -1.44. The minimum Gasteiger partial charge on any atom is -0.444 e. The fourth-order valence-corrected chi connectivity index (χ4v) is 2.94. The lowest BCUT2D eigenvalue weighted by Crippen LogP contribution is -2.50. The normalized spacial score (nSPS) is 15.6. The van der Waals surface area contributed by atoms with E-state index in [4.69, 9.17) is 4.74 Å². The molecule has 1 aromatic rings. The van der Waals surface area contributed by atoms with Crippen LogP contribution in [0.25, 0.3) is 0 Å². The topological polar surface area (TPSA) is 32.8 Å². The minimum absolute atomic E-state index is 0.00666. The SMILES string of the molecule is CC(C)(C)OC(=O)N1CCN(c2cc(F)c(F)c(CBr)c2F)CC1. The van der Waals surface area contributed by atoms with E-state index in [0.29, 0.717) is 26.2 Å². The maximum atomic E-state index is 14.4. The number of carbonyl (C=O) groups excluding carboxylic acids is 1. The molecule has 8 heteroatoms. The average molecular weight is 409 g/mol. The lowest BCUT2D eigenvalue weighted by molar-refractivity contribution is 0.0240. The number of alkyl halides is 1. The number of halogens is 4. The molecule has 1 amide bonds. The van der Waals surface area contributed by atoms with Gasteiger partial charge in [-0.25, -0.2) is 18.0 Å². The Morgan fingerprint density at radius 2 is 1.75 bits per heavy atom. The van der Waals surface area contributed by atoms with Crippen molar-refractivity contribution in [3.05, 3.63) is 29.1 Å². The van der Waals surface area contributed by atoms with Crippen LogP contribution < -0.4 is 4.90 Å². The van der Waals surface area contributed by atoms with Crippen LogP contribution in [0.15, 0.2) is 6.07 Å². The molecule has 1 fully saturated rings. The van der Waals surface area contributed by atoms with Crippen LogP contribution in [0.1, 0.15) is 26.3 Å². The molecule has 1 aromatic carbocycles. The predicted octanol–water partition coefficient (Wildman–Crippen LogP) is 4.06. The van der Waals surface area contributed by atoms with Gasteiger partial charge in [0.1, 0.15) is 5.60 Å². The van der Waals surface area contributed by atoms with Crippen molar-refractivity contribution in [2.24, 2.45) is 0 Å². The first-order chi connectivity index (χ1) is 11.1. The van der Waals surface area contributed by atoms with E-state index in [1.807, 2.05) is 0 Å². The first-order valence-corrected chi connectivity index (χ1v) is 8.71. The van der Waals surface area contributed by atoms with Crippen LogP contribution in [0.4, 0.5) is 23.7 Å². The van der Waals surface area contributed by atoms with Gasteiger partial charge in [0.15, 0.2) is 17.5 Å². The van der Waals surface area contributed by atoms with Gasteiger partial charge in [-0.15, -0.1) is 0 Å². The third kappa shape index (κ3) is 4.15. The number of ether oxygens (including phenoxy) is 1. The van der Waals surface area contributed by atoms with Gasteiger partial charge in [-0.1, -0.05) is 15.9 Å². The molecular weight excluding hydrogens is 389 g/mol. The molecule has 1 saturated heterocycles. The summed E-state index contributed by atoms with van der Waals surface area (Å²) in [6.45, 7) is 6.58. The van der Waals surface area contributed by atoms with Crippen molar-refractivity contribution in [2.45, 2.75) is 31.7 Å². The van der Waals surface area contributed by atoms with Gasteiger partial charge in [0, 0.05) is 43.1 Å². The zero-order valence-corrected chi connectivity index (χ0v) is 15.4. The molecule has 0 bridgehead atoms. The third-order valence-electron chi connectivity index (χ3n) is 3.63. The molecule has 0 N–H and O–H groups in total. The highest BCUT2D eigenvalue weighted by molar-refractivity contribution is 9.08. The summed E-state index contributed by atoms with van der Waals surface area (Å²) in [4.78, 5) is 15.1. The maximum Gasteiger partial charge on any atom is 0.410 e. The average Bonchev–Trinajstić information content (AvgIpc) is 2.50. The van der Waals surface area contributed by atoms with Crippen LogP contribution in [-0.4, -0.2) is 42.8 Å². The fourth-order valence-electron chi connectivity index (χ4n) is 2.45. The number of anilines is 1. The van der Waals surface area contributed by atoms with Crippen molar-refractivity contribution in [3.8, 4) is 0 Å². The molecule has 0 saturated carbocycles. The second kappa shape index (κ2) is 7.21. The van der Waals surface area contributed by atoms with Crippen LogP contribution in [0, 0.1) is 17.5 Å². The third-order valence-corrected chi connectivity index (χ3v) is 4.19. The van der Waals surface area contributed by atoms with Gasteiger partial charge in [0.25, 0.3) is 0 Å². The second-order valence-corrected chi connectivity index (χ2v) is 7.13. The summed E-state index contributed by atoms with van der Waals surface area (Å²) in [5.74, 6) is -3.05. The quantitative estimate of drug-likeness (QED) is 0.546. The highest BCUT2D eigenvalue weighted by Crippen LogP contribution is 2.29. The number of amides is 1. The molecule has 1 aliphatic heterocycles. The summed E-state index contributed by atoms with van der Waals surface area (Å²) < 4.78 is 47.0. The number of hydrogen-bond donors (Lipinski definition) is 0. The maximum absolute atomic E-state index is 14.4. The van der Waals surface area contributed by atoms with Crippen molar-refractivity contribution >= 4 is 27.7 Å². The van der Waals surface area contributed by atoms with Crippen molar-refractivity contribution in [1.29, 1.82) is 0 Å². The zero-order valence-electron chi connectivity index (χ0n) is 13.8. The molecule has 0 spiro atoms. The van der Waals surface area contributed by atoms with Gasteiger partial charge < -0.3 is 14.5 Å². The van der Waals surface area contributed by atoms with E-state index in [1.165, 1.54) is 4.90 Å². The van der Waals surface area contributed by atoms with Gasteiger partial charge in [-0.3, -0.25) is 0 Å². The van der Waals surface area contributed by atoms with Crippen molar-refractivity contribution in [2.75, 3.05) is 31.1 Å². The Balaban J connectivity index is 2.10. The van der Waals surface area contributed by atoms with E-state index < -0.39 is 29.1 Å². The van der Waals surface area contributed by atoms with Crippen LogP contribution in [0.2, 0.25) is 0 Å². The van der Waals surface area contributed by atoms with E-state index in [1.54, 1.807) is 25.7 Å². The summed E-state index contributed by atoms with van der Waals surface area (Å²) in [6, 6.07) is 0.861. The first kappa shape index (κ1) is 18.9. The fraction of sp³-hybridized carbons (Fsp3) is 0.562. The van der Waals surface area contributed by atoms with E-state index >= 15 is 0 Å². The van der Waals surface area contributed by atoms with Crippen LogP contribution in [0.5, 0.6) is 0 Å². The number of rotatable bonds is 2. The van der Waals surface area contributed by atoms with Gasteiger partial charge in [-0.05, 0) is 20.8 Å². The molecule has 2 rings (SSSR count). The molecule has 0 radical (unpaired) electrons. The summed E-state index contributed by atoms with van der Waals surface area (Å²) >= 11 is 2.97. The molecule has 1 aliphatic rings. The Morgan fingerprint density at radius 1 is 1.17 bits per heavy atom. The molecule has 134 valence electrons. The van der Waals surface area contributed by atoms with Gasteiger partial charge >= 0.3 is 6.09 Å². The van der Waals surface area contributed by atoms with E-state index in [2.05, 4.69) is 15.9 Å². The molecule has 1 heterocycles. The first-order valence-electron chi connectivity index (χ1n) is 7.59.